The number of amides is 1. The van der Waals surface area contributed by atoms with Crippen LogP contribution in [0.4, 0.5) is 0 Å². The molecule has 6 heteroatoms. The first kappa shape index (κ1) is 16.7. The molecule has 3 heterocycles. The van der Waals surface area contributed by atoms with Gasteiger partial charge in [-0.25, -0.2) is 0 Å². The number of hydrogen-bond donors (Lipinski definition) is 1. The molecule has 136 valence electrons. The van der Waals surface area contributed by atoms with E-state index in [1.54, 1.807) is 6.08 Å². The second-order valence-electron chi connectivity index (χ2n) is 6.90. The van der Waals surface area contributed by atoms with Gasteiger partial charge in [-0.1, -0.05) is 26.0 Å². The molecule has 26 heavy (non-hydrogen) atoms. The number of carbonyl (C=O) groups is 1. The largest absolute Gasteiger partial charge is 0.454 e. The first-order chi connectivity index (χ1) is 12.6. The van der Waals surface area contributed by atoms with Gasteiger partial charge in [0, 0.05) is 24.4 Å². The minimum absolute atomic E-state index is 0.0376. The fourth-order valence-electron chi connectivity index (χ4n) is 3.81. The number of aliphatic imine (C=N–C) groups is 1. The number of allylic oxidation sites excluding steroid dienone is 1. The summed E-state index contributed by atoms with van der Waals surface area (Å²) in [6, 6.07) is 5.66. The Bertz CT molecular complexity index is 826. The topological polar surface area (TPSA) is 63.2 Å². The van der Waals surface area contributed by atoms with Gasteiger partial charge in [0.05, 0.1) is 12.6 Å². The minimum Gasteiger partial charge on any atom is -0.454 e. The number of rotatable bonds is 4. The Kier molecular flexibility index (Phi) is 4.18. The van der Waals surface area contributed by atoms with E-state index in [2.05, 4.69) is 30.7 Å². The van der Waals surface area contributed by atoms with Gasteiger partial charge in [-0.3, -0.25) is 9.79 Å². The molecule has 1 unspecified atom stereocenters. The summed E-state index contributed by atoms with van der Waals surface area (Å²) in [7, 11) is 0. The molecule has 0 saturated carbocycles. The lowest BCUT2D eigenvalue weighted by atomic mass is 9.92. The number of carbonyl (C=O) groups excluding carboxylic acids is 1. The average Bonchev–Trinajstić information content (AvgIpc) is 3.10. The van der Waals surface area contributed by atoms with Crippen molar-refractivity contribution in [3.8, 4) is 11.5 Å². The third-order valence-electron chi connectivity index (χ3n) is 4.91. The van der Waals surface area contributed by atoms with Crippen LogP contribution in [0.25, 0.3) is 0 Å². The second kappa shape index (κ2) is 6.52. The van der Waals surface area contributed by atoms with E-state index >= 15 is 0 Å². The van der Waals surface area contributed by atoms with Crippen molar-refractivity contribution in [1.82, 2.24) is 10.2 Å². The Morgan fingerprint density at radius 1 is 1.38 bits per heavy atom. The van der Waals surface area contributed by atoms with Crippen molar-refractivity contribution < 1.29 is 14.3 Å². The zero-order valence-electron chi connectivity index (χ0n) is 15.1. The molecule has 1 aromatic carbocycles. The van der Waals surface area contributed by atoms with Crippen molar-refractivity contribution in [3.05, 3.63) is 47.7 Å². The zero-order chi connectivity index (χ0) is 18.3. The Morgan fingerprint density at radius 2 is 2.19 bits per heavy atom. The lowest BCUT2D eigenvalue weighted by molar-refractivity contribution is -0.123. The third kappa shape index (κ3) is 2.57. The zero-order valence-corrected chi connectivity index (χ0v) is 15.1. The monoisotopic (exact) mass is 353 g/mol. The van der Waals surface area contributed by atoms with Gasteiger partial charge in [-0.05, 0) is 23.6 Å². The van der Waals surface area contributed by atoms with Crippen molar-refractivity contribution in [2.45, 2.75) is 19.9 Å². The van der Waals surface area contributed by atoms with E-state index < -0.39 is 0 Å². The molecule has 0 aromatic heterocycles. The third-order valence-corrected chi connectivity index (χ3v) is 4.91. The second-order valence-corrected chi connectivity index (χ2v) is 6.90. The molecule has 1 saturated heterocycles. The van der Waals surface area contributed by atoms with Crippen LogP contribution in [0.5, 0.6) is 11.5 Å². The Morgan fingerprint density at radius 3 is 2.96 bits per heavy atom. The van der Waals surface area contributed by atoms with E-state index in [0.29, 0.717) is 24.6 Å². The quantitative estimate of drug-likeness (QED) is 0.845. The molecule has 1 amide bonds. The van der Waals surface area contributed by atoms with E-state index in [4.69, 9.17) is 9.47 Å². The minimum atomic E-state index is -0.211. The highest BCUT2D eigenvalue weighted by molar-refractivity contribution is 6.48. The molecule has 0 bridgehead atoms. The van der Waals surface area contributed by atoms with Gasteiger partial charge in [-0.15, -0.1) is 6.58 Å². The van der Waals surface area contributed by atoms with Crippen molar-refractivity contribution in [1.29, 1.82) is 0 Å². The number of benzene rings is 1. The first-order valence-corrected chi connectivity index (χ1v) is 8.96. The van der Waals surface area contributed by atoms with Crippen molar-refractivity contribution in [2.24, 2.45) is 10.9 Å². The highest BCUT2D eigenvalue weighted by Gasteiger charge is 2.44. The van der Waals surface area contributed by atoms with Gasteiger partial charge < -0.3 is 19.7 Å². The number of fused-ring (bicyclic) bond motifs is 2. The molecular formula is C20H23N3O3. The SMILES string of the molecule is C=CCN1C(=O)C2=NCCNC(C(C)C)=C2C1c1ccc2c(c1)OCO2. The molecule has 0 spiro atoms. The van der Waals surface area contributed by atoms with Gasteiger partial charge in [0.15, 0.2) is 11.5 Å². The van der Waals surface area contributed by atoms with Crippen LogP contribution in [0.15, 0.2) is 47.1 Å². The summed E-state index contributed by atoms with van der Waals surface area (Å²) in [5, 5.41) is 3.49. The maximum Gasteiger partial charge on any atom is 0.273 e. The Balaban J connectivity index is 1.90. The number of ether oxygens (including phenoxy) is 2. The van der Waals surface area contributed by atoms with Gasteiger partial charge in [0.1, 0.15) is 5.71 Å². The van der Waals surface area contributed by atoms with Crippen molar-refractivity contribution in [2.75, 3.05) is 26.4 Å². The average molecular weight is 353 g/mol. The van der Waals surface area contributed by atoms with E-state index in [9.17, 15) is 4.79 Å². The highest BCUT2D eigenvalue weighted by Crippen LogP contribution is 2.43. The van der Waals surface area contributed by atoms with Gasteiger partial charge >= 0.3 is 0 Å². The molecule has 6 nitrogen and oxygen atoms in total. The maximum absolute atomic E-state index is 13.1. The summed E-state index contributed by atoms with van der Waals surface area (Å²) >= 11 is 0. The maximum atomic E-state index is 13.1. The van der Waals surface area contributed by atoms with E-state index in [1.165, 1.54) is 0 Å². The number of nitrogens with zero attached hydrogens (tertiary/aromatic N) is 2. The molecule has 0 radical (unpaired) electrons. The number of nitrogens with one attached hydrogen (secondary N) is 1. The fraction of sp³-hybridized carbons (Fsp3) is 0.400. The van der Waals surface area contributed by atoms with Crippen molar-refractivity contribution >= 4 is 11.6 Å². The van der Waals surface area contributed by atoms with E-state index in [0.717, 1.165) is 29.1 Å². The van der Waals surface area contributed by atoms with Crippen LogP contribution >= 0.6 is 0 Å². The smallest absolute Gasteiger partial charge is 0.273 e. The molecule has 0 aliphatic carbocycles. The summed E-state index contributed by atoms with van der Waals surface area (Å²) < 4.78 is 11.0. The molecule has 1 atom stereocenters. The van der Waals surface area contributed by atoms with Crippen molar-refractivity contribution in [3.63, 3.8) is 0 Å². The molecule has 1 fully saturated rings. The molecular weight excluding hydrogens is 330 g/mol. The molecule has 3 aliphatic heterocycles. The van der Waals surface area contributed by atoms with Crippen LogP contribution in [0.1, 0.15) is 25.5 Å². The standard InChI is InChI=1S/C20H23N3O3/c1-4-9-23-19(13-5-6-14-15(10-13)26-11-25-14)16-17(12(2)3)21-7-8-22-18(16)20(23)24/h4-6,10,12,19,21H,1,7-9,11H2,2-3H3. The van der Waals surface area contributed by atoms with Crippen LogP contribution < -0.4 is 14.8 Å². The summed E-state index contributed by atoms with van der Waals surface area (Å²) in [4.78, 5) is 19.5. The van der Waals surface area contributed by atoms with Crippen LogP contribution in [-0.4, -0.2) is 42.9 Å². The van der Waals surface area contributed by atoms with E-state index in [1.807, 2.05) is 23.1 Å². The summed E-state index contributed by atoms with van der Waals surface area (Å²) in [6.07, 6.45) is 1.76. The first-order valence-electron chi connectivity index (χ1n) is 8.96. The molecule has 3 aliphatic rings. The van der Waals surface area contributed by atoms with Gasteiger partial charge in [0.2, 0.25) is 6.79 Å². The lowest BCUT2D eigenvalue weighted by Gasteiger charge is -2.26. The number of hydrogen-bond acceptors (Lipinski definition) is 5. The Hall–Kier alpha value is -2.76. The normalized spacial score (nSPS) is 21.5. The molecule has 1 N–H and O–H groups in total. The highest BCUT2D eigenvalue weighted by atomic mass is 16.7. The van der Waals surface area contributed by atoms with Gasteiger partial charge in [0.25, 0.3) is 5.91 Å². The fourth-order valence-corrected chi connectivity index (χ4v) is 3.81. The number of likely N-dealkylation sites (tertiary alicyclic amines) is 1. The molecule has 1 aromatic rings. The predicted octanol–water partition coefficient (Wildman–Crippen LogP) is 2.44. The van der Waals surface area contributed by atoms with Crippen LogP contribution in [0.3, 0.4) is 0 Å². The molecule has 4 rings (SSSR count). The van der Waals surface area contributed by atoms with Crippen LogP contribution in [-0.2, 0) is 4.79 Å². The summed E-state index contributed by atoms with van der Waals surface area (Å²) in [5.74, 6) is 1.68. The Labute approximate surface area is 153 Å². The lowest BCUT2D eigenvalue weighted by Crippen LogP contribution is -2.30. The predicted molar refractivity (Wildman–Crippen MR) is 99.4 cm³/mol. The van der Waals surface area contributed by atoms with E-state index in [-0.39, 0.29) is 24.7 Å². The van der Waals surface area contributed by atoms with Crippen LogP contribution in [0.2, 0.25) is 0 Å². The summed E-state index contributed by atoms with van der Waals surface area (Å²) in [6.45, 7) is 10.1. The summed E-state index contributed by atoms with van der Waals surface area (Å²) in [5.41, 5.74) is 3.63. The van der Waals surface area contributed by atoms with Crippen LogP contribution in [0, 0.1) is 5.92 Å². The van der Waals surface area contributed by atoms with Gasteiger partial charge in [-0.2, -0.15) is 0 Å².